The lowest BCUT2D eigenvalue weighted by Gasteiger charge is -2.16. The zero-order valence-corrected chi connectivity index (χ0v) is 13.1. The number of sulfonamides is 1. The molecule has 0 aliphatic heterocycles. The van der Waals surface area contributed by atoms with Crippen LogP contribution in [0.1, 0.15) is 18.4 Å². The molecule has 6 heteroatoms. The van der Waals surface area contributed by atoms with Gasteiger partial charge in [0, 0.05) is 17.0 Å². The number of benzene rings is 1. The molecule has 1 saturated carbocycles. The van der Waals surface area contributed by atoms with Crippen molar-refractivity contribution in [1.29, 1.82) is 0 Å². The molecule has 1 aromatic heterocycles. The van der Waals surface area contributed by atoms with Gasteiger partial charge in [0.2, 0.25) is 10.0 Å². The highest BCUT2D eigenvalue weighted by molar-refractivity contribution is 7.91. The lowest BCUT2D eigenvalue weighted by atomic mass is 9.96. The summed E-state index contributed by atoms with van der Waals surface area (Å²) in [6.07, 6.45) is 2.00. The van der Waals surface area contributed by atoms with Gasteiger partial charge in [-0.05, 0) is 42.0 Å². The Morgan fingerprint density at radius 3 is 2.45 bits per heavy atom. The van der Waals surface area contributed by atoms with Gasteiger partial charge in [-0.1, -0.05) is 29.8 Å². The molecule has 1 heterocycles. The van der Waals surface area contributed by atoms with Gasteiger partial charge in [-0.2, -0.15) is 0 Å². The number of thiophene rings is 1. The van der Waals surface area contributed by atoms with Gasteiger partial charge < -0.3 is 0 Å². The molecule has 0 atom stereocenters. The van der Waals surface area contributed by atoms with Gasteiger partial charge in [0.1, 0.15) is 4.21 Å². The highest BCUT2D eigenvalue weighted by Gasteiger charge is 2.44. The highest BCUT2D eigenvalue weighted by atomic mass is 35.5. The summed E-state index contributed by atoms with van der Waals surface area (Å²) in [6.45, 7) is 0.439. The molecule has 1 aromatic carbocycles. The van der Waals surface area contributed by atoms with Crippen LogP contribution in [0.4, 0.5) is 0 Å². The van der Waals surface area contributed by atoms with E-state index in [-0.39, 0.29) is 5.41 Å². The third-order valence-corrected chi connectivity index (χ3v) is 6.72. The summed E-state index contributed by atoms with van der Waals surface area (Å²) in [7, 11) is -3.38. The van der Waals surface area contributed by atoms with Crippen molar-refractivity contribution in [1.82, 2.24) is 4.72 Å². The molecule has 1 aliphatic carbocycles. The van der Waals surface area contributed by atoms with Crippen LogP contribution in [0.2, 0.25) is 5.02 Å². The van der Waals surface area contributed by atoms with Crippen LogP contribution >= 0.6 is 22.9 Å². The van der Waals surface area contributed by atoms with Gasteiger partial charge in [0.05, 0.1) is 0 Å². The van der Waals surface area contributed by atoms with Gasteiger partial charge in [0.15, 0.2) is 0 Å². The molecule has 20 heavy (non-hydrogen) atoms. The Morgan fingerprint density at radius 1 is 1.20 bits per heavy atom. The Hall–Kier alpha value is -0.880. The molecule has 0 spiro atoms. The maximum Gasteiger partial charge on any atom is 0.250 e. The SMILES string of the molecule is O=S(=O)(NCC1(c2ccc(Cl)cc2)CC1)c1cccs1. The molecule has 0 saturated heterocycles. The summed E-state index contributed by atoms with van der Waals surface area (Å²) in [6, 6.07) is 11.0. The Bertz CT molecular complexity index is 689. The molecule has 1 aliphatic rings. The first-order valence-corrected chi connectivity index (χ1v) is 9.05. The van der Waals surface area contributed by atoms with Gasteiger partial charge in [-0.25, -0.2) is 13.1 Å². The van der Waals surface area contributed by atoms with Crippen molar-refractivity contribution in [3.8, 4) is 0 Å². The Kier molecular flexibility index (Phi) is 3.62. The molecule has 0 radical (unpaired) electrons. The maximum atomic E-state index is 12.1. The quantitative estimate of drug-likeness (QED) is 0.914. The standard InChI is InChI=1S/C14H14ClNO2S2/c15-12-5-3-11(4-6-12)14(7-8-14)10-16-20(17,18)13-2-1-9-19-13/h1-6,9,16H,7-8,10H2. The second-order valence-corrected chi connectivity index (χ2v) is 8.42. The monoisotopic (exact) mass is 327 g/mol. The Labute approximate surface area is 127 Å². The van der Waals surface area contributed by atoms with Crippen LogP contribution in [0.25, 0.3) is 0 Å². The van der Waals surface area contributed by atoms with Crippen LogP contribution in [0, 0.1) is 0 Å². The van der Waals surface area contributed by atoms with Gasteiger partial charge in [0.25, 0.3) is 0 Å². The van der Waals surface area contributed by atoms with Crippen molar-refractivity contribution in [2.75, 3.05) is 6.54 Å². The second kappa shape index (κ2) is 5.15. The van der Waals surface area contributed by atoms with Gasteiger partial charge in [-0.15, -0.1) is 11.3 Å². The minimum absolute atomic E-state index is 0.0606. The first-order chi connectivity index (χ1) is 9.52. The number of hydrogen-bond donors (Lipinski definition) is 1. The van der Waals surface area contributed by atoms with Crippen LogP contribution in [0.3, 0.4) is 0 Å². The normalized spacial score (nSPS) is 17.1. The van der Waals surface area contributed by atoms with Gasteiger partial charge >= 0.3 is 0 Å². The topological polar surface area (TPSA) is 46.2 Å². The Balaban J connectivity index is 1.74. The van der Waals surface area contributed by atoms with E-state index in [1.54, 1.807) is 17.5 Å². The molecule has 3 nitrogen and oxygen atoms in total. The van der Waals surface area contributed by atoms with E-state index in [2.05, 4.69) is 4.72 Å². The van der Waals surface area contributed by atoms with Crippen molar-refractivity contribution in [3.63, 3.8) is 0 Å². The van der Waals surface area contributed by atoms with E-state index < -0.39 is 10.0 Å². The van der Waals surface area contributed by atoms with Crippen LogP contribution in [0.15, 0.2) is 46.0 Å². The summed E-state index contributed by atoms with van der Waals surface area (Å²) < 4.78 is 27.4. The maximum absolute atomic E-state index is 12.1. The summed E-state index contributed by atoms with van der Waals surface area (Å²) in [5.41, 5.74) is 1.09. The molecule has 1 N–H and O–H groups in total. The minimum atomic E-state index is -3.38. The smallest absolute Gasteiger partial charge is 0.210 e. The minimum Gasteiger partial charge on any atom is -0.210 e. The van der Waals surface area contributed by atoms with E-state index in [0.717, 1.165) is 18.4 Å². The molecule has 2 aromatic rings. The second-order valence-electron chi connectivity index (χ2n) is 5.04. The largest absolute Gasteiger partial charge is 0.250 e. The van der Waals surface area contributed by atoms with E-state index in [1.807, 2.05) is 24.3 Å². The Morgan fingerprint density at radius 2 is 1.90 bits per heavy atom. The number of nitrogens with one attached hydrogen (secondary N) is 1. The molecule has 0 unspecified atom stereocenters. The van der Waals surface area contributed by atoms with Crippen LogP contribution in [-0.4, -0.2) is 15.0 Å². The molecular formula is C14H14ClNO2S2. The summed E-state index contributed by atoms with van der Waals surface area (Å²) in [5, 5.41) is 2.46. The van der Waals surface area contributed by atoms with Crippen LogP contribution in [0.5, 0.6) is 0 Å². The number of rotatable bonds is 5. The van der Waals surface area contributed by atoms with E-state index in [0.29, 0.717) is 15.8 Å². The molecule has 0 amide bonds. The third kappa shape index (κ3) is 2.76. The van der Waals surface area contributed by atoms with Crippen molar-refractivity contribution >= 4 is 33.0 Å². The average molecular weight is 328 g/mol. The van der Waals surface area contributed by atoms with Crippen molar-refractivity contribution in [2.24, 2.45) is 0 Å². The van der Waals surface area contributed by atoms with Gasteiger partial charge in [-0.3, -0.25) is 0 Å². The lowest BCUT2D eigenvalue weighted by Crippen LogP contribution is -2.31. The molecule has 3 rings (SSSR count). The molecule has 1 fully saturated rings. The summed E-state index contributed by atoms with van der Waals surface area (Å²) in [4.78, 5) is 0. The third-order valence-electron chi connectivity index (χ3n) is 3.67. The summed E-state index contributed by atoms with van der Waals surface area (Å²) >= 11 is 7.12. The average Bonchev–Trinajstić information content (AvgIpc) is 3.00. The predicted octanol–water partition coefficient (Wildman–Crippen LogP) is 3.41. The first-order valence-electron chi connectivity index (χ1n) is 6.31. The first kappa shape index (κ1) is 14.1. The van der Waals surface area contributed by atoms with E-state index >= 15 is 0 Å². The fourth-order valence-electron chi connectivity index (χ4n) is 2.24. The zero-order valence-electron chi connectivity index (χ0n) is 10.7. The van der Waals surface area contributed by atoms with Crippen molar-refractivity contribution < 1.29 is 8.42 Å². The molecule has 106 valence electrons. The highest BCUT2D eigenvalue weighted by Crippen LogP contribution is 2.48. The fourth-order valence-corrected chi connectivity index (χ4v) is 4.53. The fraction of sp³-hybridized carbons (Fsp3) is 0.286. The number of hydrogen-bond acceptors (Lipinski definition) is 3. The summed E-state index contributed by atoms with van der Waals surface area (Å²) in [5.74, 6) is 0. The van der Waals surface area contributed by atoms with Crippen LogP contribution in [-0.2, 0) is 15.4 Å². The van der Waals surface area contributed by atoms with Crippen LogP contribution < -0.4 is 4.72 Å². The van der Waals surface area contributed by atoms with E-state index in [9.17, 15) is 8.42 Å². The van der Waals surface area contributed by atoms with Crippen molar-refractivity contribution in [3.05, 3.63) is 52.4 Å². The van der Waals surface area contributed by atoms with Crippen molar-refractivity contribution in [2.45, 2.75) is 22.5 Å². The predicted molar refractivity (Wildman–Crippen MR) is 81.9 cm³/mol. The lowest BCUT2D eigenvalue weighted by molar-refractivity contribution is 0.569. The molecule has 0 bridgehead atoms. The number of halogens is 1. The van der Waals surface area contributed by atoms with E-state index in [4.69, 9.17) is 11.6 Å². The molecular weight excluding hydrogens is 314 g/mol. The van der Waals surface area contributed by atoms with E-state index in [1.165, 1.54) is 11.3 Å². The zero-order chi connectivity index (χ0) is 14.2.